The number of unbranched alkanes of at least 4 members (excludes halogenated alkanes) is 9. The van der Waals surface area contributed by atoms with E-state index in [0.29, 0.717) is 0 Å². The van der Waals surface area contributed by atoms with Crippen LogP contribution in [0.2, 0.25) is 0 Å². The topological polar surface area (TPSA) is 34.1 Å². The minimum Gasteiger partial charge on any atom is -0.294 e. The van der Waals surface area contributed by atoms with E-state index in [1.807, 2.05) is 6.07 Å². The summed E-state index contributed by atoms with van der Waals surface area (Å²) in [4.78, 5) is 22.8. The number of benzene rings is 1. The fraction of sp³-hybridized carbons (Fsp3) is 0.636. The number of hydrogen-bond acceptors (Lipinski definition) is 2. The number of hydrogen-bond donors (Lipinski definition) is 0. The van der Waals surface area contributed by atoms with Crippen molar-refractivity contribution in [3.8, 4) is 0 Å². The van der Waals surface area contributed by atoms with Gasteiger partial charge in [0.05, 0.1) is 6.42 Å². The van der Waals surface area contributed by atoms with Gasteiger partial charge in [-0.1, -0.05) is 82.9 Å². The van der Waals surface area contributed by atoms with Crippen molar-refractivity contribution in [1.82, 2.24) is 0 Å². The smallest absolute Gasteiger partial charge is 0.294 e. The SMILES string of the molecule is CCCCCCCCCCCCc1cccc(C(=O)CC(=O)C(F)(F)F)c1. The number of Topliss-reactive ketones (excluding diaryl/α,β-unsaturated/α-hetero) is 2. The fourth-order valence-corrected chi connectivity index (χ4v) is 3.06. The Balaban J connectivity index is 2.26. The minimum absolute atomic E-state index is 0.178. The van der Waals surface area contributed by atoms with E-state index in [1.165, 1.54) is 57.4 Å². The molecule has 0 saturated carbocycles. The molecule has 1 aromatic carbocycles. The molecule has 0 fully saturated rings. The predicted molar refractivity (Wildman–Crippen MR) is 102 cm³/mol. The van der Waals surface area contributed by atoms with Crippen molar-refractivity contribution in [2.24, 2.45) is 0 Å². The third-order valence-corrected chi connectivity index (χ3v) is 4.71. The summed E-state index contributed by atoms with van der Waals surface area (Å²) < 4.78 is 36.8. The Morgan fingerprint density at radius 1 is 0.852 bits per heavy atom. The zero-order valence-corrected chi connectivity index (χ0v) is 16.2. The van der Waals surface area contributed by atoms with E-state index < -0.39 is 24.2 Å². The molecule has 5 heteroatoms. The summed E-state index contributed by atoms with van der Waals surface area (Å²) in [5, 5.41) is 0. The van der Waals surface area contributed by atoms with Crippen molar-refractivity contribution in [3.05, 3.63) is 35.4 Å². The Kier molecular flexibility index (Phi) is 11.0. The quantitative estimate of drug-likeness (QED) is 0.200. The average Bonchev–Trinajstić information content (AvgIpc) is 2.62. The zero-order valence-electron chi connectivity index (χ0n) is 16.2. The molecular formula is C22H31F3O2. The molecule has 0 N–H and O–H groups in total. The lowest BCUT2D eigenvalue weighted by Crippen LogP contribution is -2.25. The molecule has 0 aliphatic carbocycles. The van der Waals surface area contributed by atoms with Crippen LogP contribution in [-0.2, 0) is 11.2 Å². The van der Waals surface area contributed by atoms with E-state index in [9.17, 15) is 22.8 Å². The molecular weight excluding hydrogens is 353 g/mol. The van der Waals surface area contributed by atoms with E-state index in [-0.39, 0.29) is 5.56 Å². The molecule has 0 aromatic heterocycles. The molecule has 0 aliphatic heterocycles. The van der Waals surface area contributed by atoms with Crippen molar-refractivity contribution in [3.63, 3.8) is 0 Å². The van der Waals surface area contributed by atoms with E-state index in [0.717, 1.165) is 24.8 Å². The van der Waals surface area contributed by atoms with E-state index >= 15 is 0 Å². The lowest BCUT2D eigenvalue weighted by Gasteiger charge is -2.07. The first-order valence-electron chi connectivity index (χ1n) is 10.1. The summed E-state index contributed by atoms with van der Waals surface area (Å²) >= 11 is 0. The highest BCUT2D eigenvalue weighted by Crippen LogP contribution is 2.20. The van der Waals surface area contributed by atoms with Gasteiger partial charge in [-0.25, -0.2) is 0 Å². The van der Waals surface area contributed by atoms with Gasteiger partial charge >= 0.3 is 6.18 Å². The van der Waals surface area contributed by atoms with Gasteiger partial charge in [0.25, 0.3) is 0 Å². The number of aryl methyl sites for hydroxylation is 1. The van der Waals surface area contributed by atoms with Crippen LogP contribution in [-0.4, -0.2) is 17.7 Å². The van der Waals surface area contributed by atoms with Crippen LogP contribution >= 0.6 is 0 Å². The molecule has 0 atom stereocenters. The monoisotopic (exact) mass is 384 g/mol. The van der Waals surface area contributed by atoms with Crippen molar-refractivity contribution in [2.75, 3.05) is 0 Å². The highest BCUT2D eigenvalue weighted by Gasteiger charge is 2.39. The largest absolute Gasteiger partial charge is 0.450 e. The summed E-state index contributed by atoms with van der Waals surface area (Å²) in [5.41, 5.74) is 1.11. The normalized spacial score (nSPS) is 11.6. The molecule has 1 rings (SSSR count). The molecule has 27 heavy (non-hydrogen) atoms. The summed E-state index contributed by atoms with van der Waals surface area (Å²) in [7, 11) is 0. The van der Waals surface area contributed by atoms with Crippen LogP contribution in [0.25, 0.3) is 0 Å². The Labute approximate surface area is 160 Å². The van der Waals surface area contributed by atoms with Crippen LogP contribution in [0.4, 0.5) is 13.2 Å². The average molecular weight is 384 g/mol. The number of halogens is 3. The van der Waals surface area contributed by atoms with E-state index in [1.54, 1.807) is 12.1 Å². The van der Waals surface area contributed by atoms with Gasteiger partial charge < -0.3 is 0 Å². The van der Waals surface area contributed by atoms with Crippen molar-refractivity contribution < 1.29 is 22.8 Å². The Morgan fingerprint density at radius 2 is 1.41 bits per heavy atom. The molecule has 0 bridgehead atoms. The molecule has 0 spiro atoms. The van der Waals surface area contributed by atoms with Gasteiger partial charge in [-0.3, -0.25) is 9.59 Å². The number of carbonyl (C=O) groups excluding carboxylic acids is 2. The Morgan fingerprint density at radius 3 is 1.96 bits per heavy atom. The van der Waals surface area contributed by atoms with Crippen LogP contribution in [0.15, 0.2) is 24.3 Å². The molecule has 0 saturated heterocycles. The maximum atomic E-state index is 12.3. The molecule has 0 heterocycles. The molecule has 2 nitrogen and oxygen atoms in total. The fourth-order valence-electron chi connectivity index (χ4n) is 3.06. The van der Waals surface area contributed by atoms with Gasteiger partial charge in [-0.05, 0) is 24.5 Å². The number of alkyl halides is 3. The molecule has 152 valence electrons. The van der Waals surface area contributed by atoms with Crippen LogP contribution in [0.1, 0.15) is 93.5 Å². The second-order valence-corrected chi connectivity index (χ2v) is 7.15. The highest BCUT2D eigenvalue weighted by molar-refractivity contribution is 6.09. The lowest BCUT2D eigenvalue weighted by molar-refractivity contribution is -0.170. The number of ketones is 2. The third-order valence-electron chi connectivity index (χ3n) is 4.71. The van der Waals surface area contributed by atoms with Gasteiger partial charge in [-0.2, -0.15) is 13.2 Å². The Bertz CT molecular complexity index is 579. The minimum atomic E-state index is -4.96. The summed E-state index contributed by atoms with van der Waals surface area (Å²) in [6, 6.07) is 6.61. The molecule has 0 aliphatic rings. The van der Waals surface area contributed by atoms with Crippen molar-refractivity contribution in [2.45, 2.75) is 90.1 Å². The first kappa shape index (κ1) is 23.4. The summed E-state index contributed by atoms with van der Waals surface area (Å²) in [6.07, 6.45) is 7.09. The number of carbonyl (C=O) groups is 2. The Hall–Kier alpha value is -1.65. The first-order chi connectivity index (χ1) is 12.8. The molecule has 0 unspecified atom stereocenters. The van der Waals surface area contributed by atoms with Crippen molar-refractivity contribution >= 4 is 11.6 Å². The summed E-state index contributed by atoms with van der Waals surface area (Å²) in [6.45, 7) is 2.22. The maximum absolute atomic E-state index is 12.3. The van der Waals surface area contributed by atoms with Gasteiger partial charge in [-0.15, -0.1) is 0 Å². The van der Waals surface area contributed by atoms with Crippen molar-refractivity contribution in [1.29, 1.82) is 0 Å². The second kappa shape index (κ2) is 12.7. The molecule has 0 amide bonds. The van der Waals surface area contributed by atoms with Gasteiger partial charge in [0.2, 0.25) is 5.78 Å². The van der Waals surface area contributed by atoms with E-state index in [2.05, 4.69) is 6.92 Å². The lowest BCUT2D eigenvalue weighted by atomic mass is 9.99. The van der Waals surface area contributed by atoms with Gasteiger partial charge in [0.1, 0.15) is 0 Å². The molecule has 0 radical (unpaired) electrons. The third kappa shape index (κ3) is 10.3. The first-order valence-corrected chi connectivity index (χ1v) is 10.1. The highest BCUT2D eigenvalue weighted by atomic mass is 19.4. The van der Waals surface area contributed by atoms with Crippen LogP contribution in [0.5, 0.6) is 0 Å². The standard InChI is InChI=1S/C22H31F3O2/c1-2-3-4-5-6-7-8-9-10-11-13-18-14-12-15-19(16-18)20(26)17-21(27)22(23,24)25/h12,14-16H,2-11,13,17H2,1H3. The zero-order chi connectivity index (χ0) is 20.1. The van der Waals surface area contributed by atoms with Crippen LogP contribution < -0.4 is 0 Å². The summed E-state index contributed by atoms with van der Waals surface area (Å²) in [5.74, 6) is -2.77. The van der Waals surface area contributed by atoms with E-state index in [4.69, 9.17) is 0 Å². The van der Waals surface area contributed by atoms with Gasteiger partial charge in [0.15, 0.2) is 5.78 Å². The van der Waals surface area contributed by atoms with Gasteiger partial charge in [0, 0.05) is 5.56 Å². The predicted octanol–water partition coefficient (Wildman–Crippen LogP) is 6.85. The maximum Gasteiger partial charge on any atom is 0.450 e. The molecule has 1 aromatic rings. The van der Waals surface area contributed by atoms with Crippen LogP contribution in [0.3, 0.4) is 0 Å². The number of rotatable bonds is 14. The van der Waals surface area contributed by atoms with Crippen LogP contribution in [0, 0.1) is 0 Å². The second-order valence-electron chi connectivity index (χ2n) is 7.15.